The molecule has 0 bridgehead atoms. The Labute approximate surface area is 99.6 Å². The Hall–Kier alpha value is -0.0800. The van der Waals surface area contributed by atoms with Gasteiger partial charge in [-0.05, 0) is 43.9 Å². The van der Waals surface area contributed by atoms with Crippen LogP contribution in [0.5, 0.6) is 0 Å². The zero-order chi connectivity index (χ0) is 11.8. The van der Waals surface area contributed by atoms with Gasteiger partial charge in [0.15, 0.2) is 0 Å². The van der Waals surface area contributed by atoms with E-state index in [0.717, 1.165) is 25.2 Å². The normalized spacial score (nSPS) is 39.4. The maximum Gasteiger partial charge on any atom is 0.0741 e. The van der Waals surface area contributed by atoms with Gasteiger partial charge in [0.1, 0.15) is 0 Å². The highest BCUT2D eigenvalue weighted by molar-refractivity contribution is 5.08. The van der Waals surface area contributed by atoms with Gasteiger partial charge in [0.2, 0.25) is 0 Å². The monoisotopic (exact) mass is 225 g/mol. The summed E-state index contributed by atoms with van der Waals surface area (Å²) in [4.78, 5) is 0. The lowest BCUT2D eigenvalue weighted by Gasteiger charge is -2.51. The van der Waals surface area contributed by atoms with E-state index >= 15 is 0 Å². The van der Waals surface area contributed by atoms with E-state index in [1.165, 1.54) is 25.7 Å². The van der Waals surface area contributed by atoms with Crippen molar-refractivity contribution in [1.29, 1.82) is 0 Å². The van der Waals surface area contributed by atoms with Crippen molar-refractivity contribution in [3.63, 3.8) is 0 Å². The zero-order valence-corrected chi connectivity index (χ0v) is 10.8. The second-order valence-corrected chi connectivity index (χ2v) is 6.24. The van der Waals surface area contributed by atoms with Gasteiger partial charge in [-0.3, -0.25) is 0 Å². The maximum absolute atomic E-state index is 11.1. The standard InChI is InChI=1S/C14H27NO/c1-3-14(16,12-6-7-12)13(10-15)8-4-5-11(2)9-13/h11-12,16H,3-10,15H2,1-2H3. The zero-order valence-electron chi connectivity index (χ0n) is 10.8. The molecule has 2 nitrogen and oxygen atoms in total. The van der Waals surface area contributed by atoms with Crippen molar-refractivity contribution in [2.45, 2.75) is 64.4 Å². The van der Waals surface area contributed by atoms with E-state index in [1.54, 1.807) is 0 Å². The van der Waals surface area contributed by atoms with Gasteiger partial charge in [-0.2, -0.15) is 0 Å². The predicted octanol–water partition coefficient (Wildman–Crippen LogP) is 2.69. The van der Waals surface area contributed by atoms with Crippen LogP contribution >= 0.6 is 0 Å². The number of rotatable bonds is 4. The first kappa shape index (κ1) is 12.4. The van der Waals surface area contributed by atoms with E-state index < -0.39 is 5.60 Å². The van der Waals surface area contributed by atoms with Gasteiger partial charge >= 0.3 is 0 Å². The van der Waals surface area contributed by atoms with Gasteiger partial charge in [-0.25, -0.2) is 0 Å². The SMILES string of the molecule is CCC(O)(C1CC1)C1(CN)CCCC(C)C1. The Morgan fingerprint density at radius 1 is 1.38 bits per heavy atom. The van der Waals surface area contributed by atoms with Crippen LogP contribution < -0.4 is 5.73 Å². The number of hydrogen-bond donors (Lipinski definition) is 2. The Kier molecular flexibility index (Phi) is 3.33. The number of aliphatic hydroxyl groups is 1. The fraction of sp³-hybridized carbons (Fsp3) is 1.00. The van der Waals surface area contributed by atoms with E-state index in [4.69, 9.17) is 5.73 Å². The average Bonchev–Trinajstić information content (AvgIpc) is 3.11. The third kappa shape index (κ3) is 1.80. The summed E-state index contributed by atoms with van der Waals surface area (Å²) in [5.74, 6) is 1.26. The van der Waals surface area contributed by atoms with Crippen LogP contribution in [0.3, 0.4) is 0 Å². The van der Waals surface area contributed by atoms with Gasteiger partial charge < -0.3 is 10.8 Å². The second kappa shape index (κ2) is 4.30. The summed E-state index contributed by atoms with van der Waals surface area (Å²) >= 11 is 0. The summed E-state index contributed by atoms with van der Waals surface area (Å²) in [6.45, 7) is 5.11. The van der Waals surface area contributed by atoms with Crippen LogP contribution in [0.1, 0.15) is 58.8 Å². The summed E-state index contributed by atoms with van der Waals surface area (Å²) in [5.41, 5.74) is 5.61. The molecule has 0 amide bonds. The molecule has 0 radical (unpaired) electrons. The van der Waals surface area contributed by atoms with Crippen molar-refractivity contribution in [1.82, 2.24) is 0 Å². The fourth-order valence-electron chi connectivity index (χ4n) is 4.07. The van der Waals surface area contributed by atoms with Crippen LogP contribution in [0.2, 0.25) is 0 Å². The summed E-state index contributed by atoms with van der Waals surface area (Å²) in [6.07, 6.45) is 8.11. The van der Waals surface area contributed by atoms with E-state index in [-0.39, 0.29) is 5.41 Å². The molecule has 0 saturated heterocycles. The number of hydrogen-bond acceptors (Lipinski definition) is 2. The number of nitrogens with two attached hydrogens (primary N) is 1. The Morgan fingerprint density at radius 3 is 2.50 bits per heavy atom. The van der Waals surface area contributed by atoms with Crippen LogP contribution in [0, 0.1) is 17.3 Å². The molecule has 94 valence electrons. The molecule has 0 aliphatic heterocycles. The molecule has 0 aromatic carbocycles. The highest BCUT2D eigenvalue weighted by atomic mass is 16.3. The molecule has 16 heavy (non-hydrogen) atoms. The summed E-state index contributed by atoms with van der Waals surface area (Å²) in [6, 6.07) is 0. The molecule has 2 aliphatic rings. The third-order valence-electron chi connectivity index (χ3n) is 5.19. The summed E-state index contributed by atoms with van der Waals surface area (Å²) in [7, 11) is 0. The summed E-state index contributed by atoms with van der Waals surface area (Å²) < 4.78 is 0. The van der Waals surface area contributed by atoms with Crippen LogP contribution in [0.15, 0.2) is 0 Å². The van der Waals surface area contributed by atoms with Gasteiger partial charge in [-0.15, -0.1) is 0 Å². The first-order chi connectivity index (χ1) is 7.58. The minimum Gasteiger partial charge on any atom is -0.389 e. The highest BCUT2D eigenvalue weighted by Gasteiger charge is 2.56. The smallest absolute Gasteiger partial charge is 0.0741 e. The molecule has 2 heteroatoms. The molecule has 2 fully saturated rings. The highest BCUT2D eigenvalue weighted by Crippen LogP contribution is 2.56. The van der Waals surface area contributed by atoms with Gasteiger partial charge in [-0.1, -0.05) is 26.7 Å². The van der Waals surface area contributed by atoms with E-state index in [1.807, 2.05) is 0 Å². The molecule has 2 aliphatic carbocycles. The fourth-order valence-corrected chi connectivity index (χ4v) is 4.07. The first-order valence-corrected chi connectivity index (χ1v) is 7.00. The van der Waals surface area contributed by atoms with Crippen LogP contribution in [0.25, 0.3) is 0 Å². The Bertz CT molecular complexity index is 251. The van der Waals surface area contributed by atoms with Gasteiger partial charge in [0.25, 0.3) is 0 Å². The third-order valence-corrected chi connectivity index (χ3v) is 5.19. The van der Waals surface area contributed by atoms with Crippen molar-refractivity contribution < 1.29 is 5.11 Å². The lowest BCUT2D eigenvalue weighted by molar-refractivity contribution is -0.125. The van der Waals surface area contributed by atoms with Crippen LogP contribution in [-0.4, -0.2) is 17.3 Å². The Balaban J connectivity index is 2.23. The first-order valence-electron chi connectivity index (χ1n) is 7.00. The predicted molar refractivity (Wildman–Crippen MR) is 67.1 cm³/mol. The van der Waals surface area contributed by atoms with Crippen molar-refractivity contribution in [2.24, 2.45) is 23.0 Å². The average molecular weight is 225 g/mol. The topological polar surface area (TPSA) is 46.2 Å². The quantitative estimate of drug-likeness (QED) is 0.772. The molecule has 2 saturated carbocycles. The van der Waals surface area contributed by atoms with Crippen LogP contribution in [-0.2, 0) is 0 Å². The molecule has 3 unspecified atom stereocenters. The largest absolute Gasteiger partial charge is 0.389 e. The molecule has 0 aromatic heterocycles. The molecule has 2 rings (SSSR count). The molecule has 3 atom stereocenters. The van der Waals surface area contributed by atoms with Crippen molar-refractivity contribution in [3.8, 4) is 0 Å². The lowest BCUT2D eigenvalue weighted by Crippen LogP contribution is -2.55. The van der Waals surface area contributed by atoms with Crippen molar-refractivity contribution >= 4 is 0 Å². The van der Waals surface area contributed by atoms with E-state index in [2.05, 4.69) is 13.8 Å². The van der Waals surface area contributed by atoms with E-state index in [9.17, 15) is 5.11 Å². The molecule has 0 heterocycles. The Morgan fingerprint density at radius 2 is 2.06 bits per heavy atom. The van der Waals surface area contributed by atoms with Gasteiger partial charge in [0, 0.05) is 12.0 Å². The lowest BCUT2D eigenvalue weighted by atomic mass is 9.58. The maximum atomic E-state index is 11.1. The molecular weight excluding hydrogens is 198 g/mol. The van der Waals surface area contributed by atoms with Crippen molar-refractivity contribution in [2.75, 3.05) is 6.54 Å². The molecule has 3 N–H and O–H groups in total. The van der Waals surface area contributed by atoms with Crippen LogP contribution in [0.4, 0.5) is 0 Å². The minimum atomic E-state index is -0.476. The second-order valence-electron chi connectivity index (χ2n) is 6.24. The molecular formula is C14H27NO. The van der Waals surface area contributed by atoms with Gasteiger partial charge in [0.05, 0.1) is 5.60 Å². The van der Waals surface area contributed by atoms with Crippen molar-refractivity contribution in [3.05, 3.63) is 0 Å². The molecule has 0 spiro atoms. The minimum absolute atomic E-state index is 0.0145. The molecule has 0 aromatic rings. The van der Waals surface area contributed by atoms with E-state index in [0.29, 0.717) is 12.5 Å². The summed E-state index contributed by atoms with van der Waals surface area (Å²) in [5, 5.41) is 11.1.